The molecule has 7 rings (SSSR count). The number of imide groups is 1. The van der Waals surface area contributed by atoms with E-state index in [0.717, 1.165) is 44.7 Å². The number of thioether (sulfide) groups is 1. The number of aliphatic hydroxyl groups is 1. The van der Waals surface area contributed by atoms with Crippen molar-refractivity contribution in [3.63, 3.8) is 0 Å². The smallest absolute Gasteiger partial charge is 0.408 e. The van der Waals surface area contributed by atoms with Crippen molar-refractivity contribution in [3.8, 4) is 11.1 Å². The van der Waals surface area contributed by atoms with E-state index in [1.807, 2.05) is 121 Å². The molecule has 276 valence electrons. The number of ether oxygens (including phenoxy) is 3. The Kier molecular flexibility index (Phi) is 11.8. The highest BCUT2D eigenvalue weighted by Gasteiger charge is 2.40. The lowest BCUT2D eigenvalue weighted by Crippen LogP contribution is -2.41. The molecule has 0 aliphatic carbocycles. The fraction of sp³-hybridized carbons (Fsp3) is 0.250. The van der Waals surface area contributed by atoms with Crippen LogP contribution in [0.5, 0.6) is 0 Å². The number of benzene rings is 5. The maximum Gasteiger partial charge on any atom is 0.408 e. The van der Waals surface area contributed by atoms with Crippen LogP contribution in [0.4, 0.5) is 4.79 Å². The second-order valence-electron chi connectivity index (χ2n) is 13.5. The molecule has 2 fully saturated rings. The maximum absolute atomic E-state index is 13.3. The molecule has 10 heteroatoms. The summed E-state index contributed by atoms with van der Waals surface area (Å²) in [4.78, 5) is 41.2. The molecule has 3 amide bonds. The van der Waals surface area contributed by atoms with Crippen molar-refractivity contribution in [1.82, 2.24) is 10.2 Å². The van der Waals surface area contributed by atoms with Gasteiger partial charge in [-0.3, -0.25) is 14.5 Å². The first kappa shape index (κ1) is 37.1. The standard InChI is InChI=1S/C44H42N2O7S/c1-29-39(28-54-36-13-6-3-7-14-36)52-43(53-41(29)33-18-16-30(26-47)17-19-33)34-22-20-32(21-23-34)37-15-9-8-12-35(37)25-46-40(48)24-38(42(46)49)45-44(50)51-27-31-10-4-2-5-11-31/h2-23,29,38-39,41,43,47H,24-28H2,1H3,(H,45,50)/t29-,38?,39+,41+,43+/m1/s1. The summed E-state index contributed by atoms with van der Waals surface area (Å²) in [6, 6.07) is 42.0. The Morgan fingerprint density at radius 3 is 2.20 bits per heavy atom. The SMILES string of the molecule is C[C@@H]1[C@H](CSc2ccccc2)O[C@H](c2ccc(-c3ccccc3CN3C(=O)CC(NC(=O)OCc4ccccc4)C3=O)cc2)O[C@@H]1c1ccc(CO)cc1. The minimum Gasteiger partial charge on any atom is -0.445 e. The van der Waals surface area contributed by atoms with Crippen LogP contribution in [-0.4, -0.2) is 45.8 Å². The van der Waals surface area contributed by atoms with Crippen LogP contribution in [0.15, 0.2) is 138 Å². The summed E-state index contributed by atoms with van der Waals surface area (Å²) in [6.45, 7) is 2.26. The normalized spacial score (nSPS) is 21.2. The summed E-state index contributed by atoms with van der Waals surface area (Å²) in [5.41, 5.74) is 6.13. The van der Waals surface area contributed by atoms with Crippen LogP contribution in [0.1, 0.15) is 53.6 Å². The Labute approximate surface area is 319 Å². The molecule has 2 N–H and O–H groups in total. The van der Waals surface area contributed by atoms with Crippen LogP contribution >= 0.6 is 11.8 Å². The predicted molar refractivity (Wildman–Crippen MR) is 206 cm³/mol. The molecule has 0 bridgehead atoms. The van der Waals surface area contributed by atoms with Gasteiger partial charge in [-0.2, -0.15) is 0 Å². The first-order valence-corrected chi connectivity index (χ1v) is 19.0. The molecule has 2 aliphatic rings. The quantitative estimate of drug-likeness (QED) is 0.0978. The number of carbonyl (C=O) groups is 3. The lowest BCUT2D eigenvalue weighted by molar-refractivity contribution is -0.268. The second-order valence-corrected chi connectivity index (χ2v) is 14.6. The van der Waals surface area contributed by atoms with Gasteiger partial charge in [0.2, 0.25) is 5.91 Å². The molecule has 5 aromatic rings. The number of hydrogen-bond donors (Lipinski definition) is 2. The van der Waals surface area contributed by atoms with Crippen LogP contribution in [0.25, 0.3) is 11.1 Å². The third kappa shape index (κ3) is 8.75. The van der Waals surface area contributed by atoms with Gasteiger partial charge in [0.15, 0.2) is 6.29 Å². The van der Waals surface area contributed by atoms with Crippen LogP contribution < -0.4 is 5.32 Å². The molecule has 9 nitrogen and oxygen atoms in total. The fourth-order valence-corrected chi connectivity index (χ4v) is 7.89. The lowest BCUT2D eigenvalue weighted by atomic mass is 9.91. The van der Waals surface area contributed by atoms with E-state index in [2.05, 4.69) is 24.4 Å². The minimum absolute atomic E-state index is 0.0205. The van der Waals surface area contributed by atoms with Gasteiger partial charge in [-0.25, -0.2) is 4.79 Å². The van der Waals surface area contributed by atoms with Gasteiger partial charge >= 0.3 is 6.09 Å². The van der Waals surface area contributed by atoms with Crippen molar-refractivity contribution in [2.24, 2.45) is 5.92 Å². The van der Waals surface area contributed by atoms with Gasteiger partial charge in [-0.15, -0.1) is 11.8 Å². The van der Waals surface area contributed by atoms with E-state index in [1.165, 1.54) is 9.80 Å². The van der Waals surface area contributed by atoms with E-state index in [4.69, 9.17) is 14.2 Å². The van der Waals surface area contributed by atoms with Crippen molar-refractivity contribution in [1.29, 1.82) is 0 Å². The van der Waals surface area contributed by atoms with Gasteiger partial charge in [0.1, 0.15) is 12.6 Å². The molecule has 5 aromatic carbocycles. The van der Waals surface area contributed by atoms with Crippen LogP contribution in [0.3, 0.4) is 0 Å². The van der Waals surface area contributed by atoms with Gasteiger partial charge in [0, 0.05) is 22.1 Å². The Morgan fingerprint density at radius 1 is 0.815 bits per heavy atom. The summed E-state index contributed by atoms with van der Waals surface area (Å²) in [7, 11) is 0. The van der Waals surface area contributed by atoms with E-state index >= 15 is 0 Å². The zero-order chi connectivity index (χ0) is 37.4. The molecular weight excluding hydrogens is 701 g/mol. The predicted octanol–water partition coefficient (Wildman–Crippen LogP) is 7.98. The highest BCUT2D eigenvalue weighted by molar-refractivity contribution is 7.99. The fourth-order valence-electron chi connectivity index (χ4n) is 6.80. The van der Waals surface area contributed by atoms with E-state index in [-0.39, 0.29) is 50.2 Å². The van der Waals surface area contributed by atoms with Crippen LogP contribution in [0, 0.1) is 5.92 Å². The first-order valence-electron chi connectivity index (χ1n) is 18.0. The molecule has 1 unspecified atom stereocenters. The molecule has 2 aliphatic heterocycles. The van der Waals surface area contributed by atoms with Crippen molar-refractivity contribution in [2.45, 2.75) is 62.5 Å². The van der Waals surface area contributed by atoms with E-state index in [9.17, 15) is 19.5 Å². The Balaban J connectivity index is 1.04. The Hall–Kier alpha value is -5.26. The average molecular weight is 743 g/mol. The van der Waals surface area contributed by atoms with Gasteiger partial charge in [0.05, 0.1) is 31.8 Å². The van der Waals surface area contributed by atoms with E-state index < -0.39 is 24.3 Å². The molecule has 0 spiro atoms. The maximum atomic E-state index is 13.3. The monoisotopic (exact) mass is 742 g/mol. The summed E-state index contributed by atoms with van der Waals surface area (Å²) in [5.74, 6) is -0.0154. The van der Waals surface area contributed by atoms with Gasteiger partial charge in [0.25, 0.3) is 5.91 Å². The number of hydrogen-bond acceptors (Lipinski definition) is 8. The average Bonchev–Trinajstić information content (AvgIpc) is 3.47. The molecule has 0 radical (unpaired) electrons. The second kappa shape index (κ2) is 17.3. The van der Waals surface area contributed by atoms with Gasteiger partial charge < -0.3 is 24.6 Å². The first-order chi connectivity index (χ1) is 26.4. The zero-order valence-corrected chi connectivity index (χ0v) is 30.7. The highest BCUT2D eigenvalue weighted by Crippen LogP contribution is 2.43. The van der Waals surface area contributed by atoms with Crippen molar-refractivity contribution < 1.29 is 33.7 Å². The minimum atomic E-state index is -0.989. The van der Waals surface area contributed by atoms with Crippen molar-refractivity contribution in [3.05, 3.63) is 161 Å². The number of rotatable bonds is 12. The third-order valence-corrected chi connectivity index (χ3v) is 11.0. The molecule has 0 aromatic heterocycles. The largest absolute Gasteiger partial charge is 0.445 e. The lowest BCUT2D eigenvalue weighted by Gasteiger charge is -2.41. The number of carbonyl (C=O) groups excluding carboxylic acids is 3. The Bertz CT molecular complexity index is 2040. The number of nitrogens with one attached hydrogen (secondary N) is 1. The topological polar surface area (TPSA) is 114 Å². The molecule has 2 saturated heterocycles. The number of amides is 3. The van der Waals surface area contributed by atoms with Crippen molar-refractivity contribution in [2.75, 3.05) is 5.75 Å². The van der Waals surface area contributed by atoms with Crippen molar-refractivity contribution >= 4 is 29.7 Å². The summed E-state index contributed by atoms with van der Waals surface area (Å²) >= 11 is 1.76. The third-order valence-electron chi connectivity index (χ3n) is 9.87. The molecular formula is C44H42N2O7S. The van der Waals surface area contributed by atoms with Crippen LogP contribution in [0.2, 0.25) is 0 Å². The molecule has 5 atom stereocenters. The summed E-state index contributed by atoms with van der Waals surface area (Å²) in [6.07, 6.45) is -1.82. The van der Waals surface area contributed by atoms with E-state index in [0.29, 0.717) is 0 Å². The zero-order valence-electron chi connectivity index (χ0n) is 29.9. The number of likely N-dealkylation sites (tertiary alicyclic amines) is 1. The number of alkyl carbamates (subject to hydrolysis) is 1. The van der Waals surface area contributed by atoms with Crippen LogP contribution in [-0.2, 0) is 43.6 Å². The highest BCUT2D eigenvalue weighted by atomic mass is 32.2. The summed E-state index contributed by atoms with van der Waals surface area (Å²) < 4.78 is 18.6. The summed E-state index contributed by atoms with van der Waals surface area (Å²) in [5, 5.41) is 12.2. The van der Waals surface area contributed by atoms with E-state index in [1.54, 1.807) is 11.8 Å². The number of aliphatic hydroxyl groups excluding tert-OH is 1. The molecule has 2 heterocycles. The molecule has 0 saturated carbocycles. The Morgan fingerprint density at radius 2 is 1.48 bits per heavy atom. The molecule has 54 heavy (non-hydrogen) atoms. The number of nitrogens with zero attached hydrogens (tertiary/aromatic N) is 1. The van der Waals surface area contributed by atoms with Gasteiger partial charge in [-0.05, 0) is 45.5 Å². The van der Waals surface area contributed by atoms with Gasteiger partial charge in [-0.1, -0.05) is 128 Å².